The number of aliphatic carboxylic acids is 3. The van der Waals surface area contributed by atoms with Crippen LogP contribution in [0.3, 0.4) is 0 Å². The fourth-order valence-corrected chi connectivity index (χ4v) is 4.53. The van der Waals surface area contributed by atoms with E-state index in [1.165, 1.54) is 0 Å². The second-order valence-corrected chi connectivity index (χ2v) is 10.1. The molecule has 3 aromatic carbocycles. The van der Waals surface area contributed by atoms with Crippen LogP contribution in [0.25, 0.3) is 0 Å². The number of carboxylic acid groups (broad SMARTS) is 3. The van der Waals surface area contributed by atoms with Gasteiger partial charge in [0.25, 0.3) is 0 Å². The summed E-state index contributed by atoms with van der Waals surface area (Å²) in [5, 5.41) is 45.6. The monoisotopic (exact) mass is 595 g/mol. The van der Waals surface area contributed by atoms with Gasteiger partial charge in [0.15, 0.2) is 5.60 Å². The summed E-state index contributed by atoms with van der Waals surface area (Å²) in [6.45, 7) is 8.27. The summed E-state index contributed by atoms with van der Waals surface area (Å²) < 4.78 is 5.93. The van der Waals surface area contributed by atoms with Gasteiger partial charge in [-0.2, -0.15) is 0 Å². The van der Waals surface area contributed by atoms with Crippen LogP contribution < -0.4 is 4.74 Å². The molecule has 5 N–H and O–H groups in total. The quantitative estimate of drug-likeness (QED) is 0.153. The van der Waals surface area contributed by atoms with Crippen LogP contribution in [0.2, 0.25) is 0 Å². The molecule has 0 aliphatic rings. The molecule has 0 aliphatic heterocycles. The molecule has 3 aromatic rings. The lowest BCUT2D eigenvalue weighted by Crippen LogP contribution is -2.42. The first kappa shape index (κ1) is 34.9. The molecule has 0 bridgehead atoms. The van der Waals surface area contributed by atoms with Crippen molar-refractivity contribution in [1.29, 1.82) is 0 Å². The molecule has 0 saturated carbocycles. The SMILES string of the molecule is CCN(CC)CCCOc1ccc(C(O)(Cc2ccccc2)c2ccccc2)cc1.O=C(O)CC(O)(CC(=O)O)C(=O)O. The van der Waals surface area contributed by atoms with Gasteiger partial charge in [-0.15, -0.1) is 0 Å². The Hall–Kier alpha value is -4.25. The predicted molar refractivity (Wildman–Crippen MR) is 161 cm³/mol. The number of carbonyl (C=O) groups is 3. The van der Waals surface area contributed by atoms with Crippen LogP contribution in [0.1, 0.15) is 49.8 Å². The Morgan fingerprint density at radius 1 is 0.721 bits per heavy atom. The minimum Gasteiger partial charge on any atom is -0.494 e. The molecule has 3 rings (SSSR count). The predicted octanol–water partition coefficient (Wildman–Crippen LogP) is 4.03. The molecule has 232 valence electrons. The molecule has 0 amide bonds. The fraction of sp³-hybridized carbons (Fsp3) is 0.364. The third kappa shape index (κ3) is 11.2. The largest absolute Gasteiger partial charge is 0.494 e. The average molecular weight is 596 g/mol. The lowest BCUT2D eigenvalue weighted by Gasteiger charge is -2.30. The zero-order valence-corrected chi connectivity index (χ0v) is 24.6. The summed E-state index contributed by atoms with van der Waals surface area (Å²) in [5.74, 6) is -4.18. The highest BCUT2D eigenvalue weighted by molar-refractivity contribution is 5.88. The molecule has 43 heavy (non-hydrogen) atoms. The molecule has 10 nitrogen and oxygen atoms in total. The van der Waals surface area contributed by atoms with Crippen molar-refractivity contribution in [2.45, 2.75) is 50.7 Å². The summed E-state index contributed by atoms with van der Waals surface area (Å²) in [7, 11) is 0. The molecular weight excluding hydrogens is 554 g/mol. The molecule has 0 aromatic heterocycles. The van der Waals surface area contributed by atoms with Gasteiger partial charge < -0.3 is 35.2 Å². The van der Waals surface area contributed by atoms with E-state index in [0.717, 1.165) is 48.5 Å². The Morgan fingerprint density at radius 3 is 1.67 bits per heavy atom. The summed E-state index contributed by atoms with van der Waals surface area (Å²) in [5.41, 5.74) is -0.975. The van der Waals surface area contributed by atoms with Crippen LogP contribution in [0.4, 0.5) is 0 Å². The van der Waals surface area contributed by atoms with E-state index in [4.69, 9.17) is 25.2 Å². The van der Waals surface area contributed by atoms with Crippen LogP contribution in [0.15, 0.2) is 84.9 Å². The zero-order chi connectivity index (χ0) is 31.9. The number of ether oxygens (including phenoxy) is 1. The zero-order valence-electron chi connectivity index (χ0n) is 24.6. The van der Waals surface area contributed by atoms with Crippen LogP contribution in [0, 0.1) is 0 Å². The number of benzene rings is 3. The number of rotatable bonds is 16. The van der Waals surface area contributed by atoms with Gasteiger partial charge in [-0.25, -0.2) is 4.79 Å². The maximum atomic E-state index is 11.8. The Labute approximate surface area is 251 Å². The highest BCUT2D eigenvalue weighted by Crippen LogP contribution is 2.34. The third-order valence-electron chi connectivity index (χ3n) is 6.95. The van der Waals surface area contributed by atoms with Crippen LogP contribution >= 0.6 is 0 Å². The summed E-state index contributed by atoms with van der Waals surface area (Å²) in [6.07, 6.45) is -0.767. The molecule has 0 fully saturated rings. The first-order valence-corrected chi connectivity index (χ1v) is 14.1. The van der Waals surface area contributed by atoms with Gasteiger partial charge in [0, 0.05) is 13.0 Å². The van der Waals surface area contributed by atoms with Gasteiger partial charge in [0.1, 0.15) is 11.4 Å². The Balaban J connectivity index is 0.000000420. The van der Waals surface area contributed by atoms with E-state index in [1.807, 2.05) is 72.8 Å². The van der Waals surface area contributed by atoms with Gasteiger partial charge in [-0.1, -0.05) is 86.6 Å². The number of aliphatic hydroxyl groups is 2. The number of nitrogens with zero attached hydrogens (tertiary/aromatic N) is 1. The van der Waals surface area contributed by atoms with Crippen LogP contribution in [-0.2, 0) is 26.4 Å². The topological polar surface area (TPSA) is 165 Å². The summed E-state index contributed by atoms with van der Waals surface area (Å²) in [6, 6.07) is 27.9. The molecule has 0 saturated heterocycles. The lowest BCUT2D eigenvalue weighted by molar-refractivity contribution is -0.170. The molecule has 10 heteroatoms. The highest BCUT2D eigenvalue weighted by atomic mass is 16.5. The van der Waals surface area contributed by atoms with Crippen molar-refractivity contribution in [3.05, 3.63) is 102 Å². The van der Waals surface area contributed by atoms with E-state index in [9.17, 15) is 19.5 Å². The second kappa shape index (κ2) is 17.0. The van der Waals surface area contributed by atoms with E-state index < -0.39 is 42.0 Å². The molecule has 1 atom stereocenters. The van der Waals surface area contributed by atoms with Gasteiger partial charge in [0.2, 0.25) is 0 Å². The minimum atomic E-state index is -2.74. The Morgan fingerprint density at radius 2 is 1.21 bits per heavy atom. The van der Waals surface area contributed by atoms with Crippen molar-refractivity contribution in [2.75, 3.05) is 26.2 Å². The summed E-state index contributed by atoms with van der Waals surface area (Å²) >= 11 is 0. The van der Waals surface area contributed by atoms with Gasteiger partial charge in [-0.3, -0.25) is 9.59 Å². The number of carboxylic acids is 3. The van der Waals surface area contributed by atoms with Gasteiger partial charge in [-0.05, 0) is 48.3 Å². The standard InChI is InChI=1S/C27H33NO2.C6H8O7/c1-3-28(4-2)20-11-21-30-26-18-16-25(17-19-26)27(29,24-14-9-6-10-15-24)22-23-12-7-5-8-13-23;7-3(8)1-6(13,5(11)12)2-4(9)10/h5-10,12-19,29H,3-4,11,20-22H2,1-2H3;13H,1-2H2,(H,7,8)(H,9,10)(H,11,12). The van der Waals surface area contributed by atoms with Gasteiger partial charge >= 0.3 is 17.9 Å². The third-order valence-corrected chi connectivity index (χ3v) is 6.95. The van der Waals surface area contributed by atoms with E-state index in [1.54, 1.807) is 0 Å². The van der Waals surface area contributed by atoms with Crippen molar-refractivity contribution >= 4 is 17.9 Å². The van der Waals surface area contributed by atoms with Crippen molar-refractivity contribution < 1.29 is 44.7 Å². The maximum Gasteiger partial charge on any atom is 0.336 e. The van der Waals surface area contributed by atoms with E-state index in [2.05, 4.69) is 30.9 Å². The first-order chi connectivity index (χ1) is 20.4. The highest BCUT2D eigenvalue weighted by Gasteiger charge is 2.40. The fourth-order valence-electron chi connectivity index (χ4n) is 4.53. The number of hydrogen-bond donors (Lipinski definition) is 5. The molecule has 0 aliphatic carbocycles. The van der Waals surface area contributed by atoms with E-state index >= 15 is 0 Å². The second-order valence-electron chi connectivity index (χ2n) is 10.1. The normalized spacial score (nSPS) is 12.5. The van der Waals surface area contributed by atoms with Crippen LogP contribution in [0.5, 0.6) is 5.75 Å². The lowest BCUT2D eigenvalue weighted by atomic mass is 9.81. The van der Waals surface area contributed by atoms with Crippen molar-refractivity contribution in [1.82, 2.24) is 4.90 Å². The van der Waals surface area contributed by atoms with E-state index in [-0.39, 0.29) is 0 Å². The van der Waals surface area contributed by atoms with Gasteiger partial charge in [0.05, 0.1) is 19.4 Å². The maximum absolute atomic E-state index is 11.8. The molecule has 0 heterocycles. The van der Waals surface area contributed by atoms with Crippen molar-refractivity contribution in [2.24, 2.45) is 0 Å². The van der Waals surface area contributed by atoms with Crippen LogP contribution in [-0.4, -0.2) is 80.2 Å². The molecule has 1 unspecified atom stereocenters. The average Bonchev–Trinajstić information content (AvgIpc) is 2.98. The molecule has 0 spiro atoms. The molecule has 0 radical (unpaired) electrons. The number of hydrogen-bond acceptors (Lipinski definition) is 7. The van der Waals surface area contributed by atoms with Crippen molar-refractivity contribution in [3.63, 3.8) is 0 Å². The summed E-state index contributed by atoms with van der Waals surface area (Å²) in [4.78, 5) is 32.9. The minimum absolute atomic E-state index is 0.516. The molecular formula is C33H41NO9. The Bertz CT molecular complexity index is 1260. The van der Waals surface area contributed by atoms with E-state index in [0.29, 0.717) is 13.0 Å². The first-order valence-electron chi connectivity index (χ1n) is 14.1. The van der Waals surface area contributed by atoms with Crippen molar-refractivity contribution in [3.8, 4) is 5.75 Å². The smallest absolute Gasteiger partial charge is 0.336 e. The Kier molecular flexibility index (Phi) is 13.8.